The second-order valence-corrected chi connectivity index (χ2v) is 3.35. The molecule has 4 heteroatoms. The van der Waals surface area contributed by atoms with Crippen molar-refractivity contribution in [3.05, 3.63) is 27.9 Å². The average Bonchev–Trinajstić information content (AvgIpc) is 2.85. The monoisotopic (exact) mass is 178 g/mol. The summed E-state index contributed by atoms with van der Waals surface area (Å²) in [7, 11) is 0. The number of nitrogens with zero attached hydrogens (tertiary/aromatic N) is 1. The Labute approximate surface area is 75.0 Å². The highest BCUT2D eigenvalue weighted by Crippen LogP contribution is 2.38. The zero-order valence-electron chi connectivity index (χ0n) is 7.33. The van der Waals surface area contributed by atoms with Gasteiger partial charge in [0.15, 0.2) is 11.6 Å². The smallest absolute Gasteiger partial charge is 0.251 e. The van der Waals surface area contributed by atoms with Crippen LogP contribution in [0.3, 0.4) is 0 Å². The van der Waals surface area contributed by atoms with Gasteiger partial charge in [-0.3, -0.25) is 9.59 Å². The molecule has 0 spiro atoms. The fraction of sp³-hybridized carbons (Fsp3) is 0.444. The van der Waals surface area contributed by atoms with Gasteiger partial charge >= 0.3 is 0 Å². The van der Waals surface area contributed by atoms with E-state index in [1.807, 2.05) is 0 Å². The minimum atomic E-state index is -0.234. The molecule has 4 nitrogen and oxygen atoms in total. The lowest BCUT2D eigenvalue weighted by molar-refractivity contribution is 0.100. The van der Waals surface area contributed by atoms with E-state index in [0.717, 1.165) is 18.5 Å². The molecule has 0 aromatic carbocycles. The van der Waals surface area contributed by atoms with Crippen molar-refractivity contribution in [2.75, 3.05) is 0 Å². The molecule has 0 aliphatic heterocycles. The lowest BCUT2D eigenvalue weighted by atomic mass is 10.2. The molecule has 13 heavy (non-hydrogen) atoms. The van der Waals surface area contributed by atoms with Gasteiger partial charge in [-0.1, -0.05) is 0 Å². The quantitative estimate of drug-likeness (QED) is 0.683. The molecule has 0 bridgehead atoms. The van der Waals surface area contributed by atoms with Crippen molar-refractivity contribution in [1.29, 1.82) is 0 Å². The summed E-state index contributed by atoms with van der Waals surface area (Å²) in [6, 6.07) is 1.48. The molecular formula is C9H10N2O2. The average molecular weight is 178 g/mol. The maximum atomic E-state index is 11.1. The van der Waals surface area contributed by atoms with Crippen LogP contribution in [0.2, 0.25) is 0 Å². The Morgan fingerprint density at radius 3 is 2.85 bits per heavy atom. The summed E-state index contributed by atoms with van der Waals surface area (Å²) < 4.78 is 0. The van der Waals surface area contributed by atoms with Crippen LogP contribution >= 0.6 is 0 Å². The lowest BCUT2D eigenvalue weighted by Gasteiger charge is -1.98. The third kappa shape index (κ3) is 1.66. The van der Waals surface area contributed by atoms with Crippen LogP contribution in [0.25, 0.3) is 0 Å². The molecule has 0 atom stereocenters. The van der Waals surface area contributed by atoms with E-state index in [-0.39, 0.29) is 17.2 Å². The number of rotatable bonds is 2. The number of aromatic nitrogens is 2. The number of nitrogens with one attached hydrogen (secondary N) is 1. The summed E-state index contributed by atoms with van der Waals surface area (Å²) in [4.78, 5) is 28.6. The van der Waals surface area contributed by atoms with E-state index in [1.54, 1.807) is 0 Å². The Hall–Kier alpha value is -1.45. The third-order valence-electron chi connectivity index (χ3n) is 2.09. The maximum absolute atomic E-state index is 11.1. The number of carbonyl (C=O) groups is 1. The van der Waals surface area contributed by atoms with E-state index in [1.165, 1.54) is 13.0 Å². The van der Waals surface area contributed by atoms with Gasteiger partial charge in [-0.2, -0.15) is 0 Å². The van der Waals surface area contributed by atoms with Crippen LogP contribution in [0, 0.1) is 0 Å². The van der Waals surface area contributed by atoms with Crippen LogP contribution in [-0.4, -0.2) is 15.8 Å². The number of Topliss-reactive ketones (excluding diaryl/α,β-unsaturated/α-hetero) is 1. The van der Waals surface area contributed by atoms with Crippen LogP contribution in [0.5, 0.6) is 0 Å². The summed E-state index contributed by atoms with van der Waals surface area (Å²) in [6.07, 6.45) is 2.15. The summed E-state index contributed by atoms with van der Waals surface area (Å²) >= 11 is 0. The molecule has 1 aliphatic carbocycles. The maximum Gasteiger partial charge on any atom is 0.251 e. The van der Waals surface area contributed by atoms with Crippen LogP contribution in [0.1, 0.15) is 42.0 Å². The topological polar surface area (TPSA) is 62.8 Å². The minimum Gasteiger partial charge on any atom is -0.304 e. The summed E-state index contributed by atoms with van der Waals surface area (Å²) in [6.45, 7) is 1.40. The van der Waals surface area contributed by atoms with Gasteiger partial charge in [-0.25, -0.2) is 4.98 Å². The lowest BCUT2D eigenvalue weighted by Crippen LogP contribution is -2.14. The van der Waals surface area contributed by atoms with E-state index in [9.17, 15) is 9.59 Å². The van der Waals surface area contributed by atoms with Crippen molar-refractivity contribution in [3.8, 4) is 0 Å². The largest absolute Gasteiger partial charge is 0.304 e. The molecule has 1 aromatic heterocycles. The van der Waals surface area contributed by atoms with Gasteiger partial charge < -0.3 is 4.98 Å². The number of H-pyrrole nitrogens is 1. The zero-order chi connectivity index (χ0) is 9.42. The second kappa shape index (κ2) is 2.80. The van der Waals surface area contributed by atoms with E-state index in [2.05, 4.69) is 9.97 Å². The Kier molecular flexibility index (Phi) is 1.76. The van der Waals surface area contributed by atoms with Crippen LogP contribution in [0.4, 0.5) is 0 Å². The third-order valence-corrected chi connectivity index (χ3v) is 2.09. The fourth-order valence-electron chi connectivity index (χ4n) is 1.23. The minimum absolute atomic E-state index is 0.175. The van der Waals surface area contributed by atoms with Crippen LogP contribution in [0.15, 0.2) is 10.9 Å². The SMILES string of the molecule is CC(=O)c1nc(C2CC2)cc(=O)[nH]1. The molecule has 0 radical (unpaired) electrons. The number of hydrogen-bond donors (Lipinski definition) is 1. The first-order valence-electron chi connectivity index (χ1n) is 4.29. The van der Waals surface area contributed by atoms with Gasteiger partial charge in [0.2, 0.25) is 0 Å². The van der Waals surface area contributed by atoms with E-state index in [0.29, 0.717) is 5.92 Å². The van der Waals surface area contributed by atoms with E-state index >= 15 is 0 Å². The molecule has 1 fully saturated rings. The fourth-order valence-corrected chi connectivity index (χ4v) is 1.23. The molecule has 0 unspecified atom stereocenters. The van der Waals surface area contributed by atoms with Crippen LogP contribution in [-0.2, 0) is 0 Å². The number of ketones is 1. The molecule has 0 amide bonds. The first-order chi connectivity index (χ1) is 6.16. The Morgan fingerprint density at radius 1 is 1.62 bits per heavy atom. The zero-order valence-corrected chi connectivity index (χ0v) is 7.33. The molecule has 68 valence electrons. The molecular weight excluding hydrogens is 168 g/mol. The summed E-state index contributed by atoms with van der Waals surface area (Å²) in [5.41, 5.74) is 0.524. The number of hydrogen-bond acceptors (Lipinski definition) is 3. The molecule has 1 N–H and O–H groups in total. The molecule has 1 aliphatic rings. The molecule has 2 rings (SSSR count). The van der Waals surface area contributed by atoms with Gasteiger partial charge in [0.25, 0.3) is 5.56 Å². The van der Waals surface area contributed by atoms with Crippen molar-refractivity contribution in [1.82, 2.24) is 9.97 Å². The Morgan fingerprint density at radius 2 is 2.31 bits per heavy atom. The van der Waals surface area contributed by atoms with E-state index in [4.69, 9.17) is 0 Å². The molecule has 1 heterocycles. The van der Waals surface area contributed by atoms with E-state index < -0.39 is 0 Å². The predicted octanol–water partition coefficient (Wildman–Crippen LogP) is 0.850. The summed E-state index contributed by atoms with van der Waals surface area (Å²) in [5, 5.41) is 0. The summed E-state index contributed by atoms with van der Waals surface area (Å²) in [5.74, 6) is 0.384. The van der Waals surface area contributed by atoms with Crippen molar-refractivity contribution in [2.24, 2.45) is 0 Å². The highest BCUT2D eigenvalue weighted by atomic mass is 16.1. The first-order valence-corrected chi connectivity index (χ1v) is 4.29. The molecule has 1 saturated carbocycles. The first kappa shape index (κ1) is 8.16. The normalized spacial score (nSPS) is 15.8. The van der Waals surface area contributed by atoms with Gasteiger partial charge in [-0.15, -0.1) is 0 Å². The highest BCUT2D eigenvalue weighted by Gasteiger charge is 2.26. The van der Waals surface area contributed by atoms with Gasteiger partial charge in [0.05, 0.1) is 5.69 Å². The van der Waals surface area contributed by atoms with Crippen LogP contribution < -0.4 is 5.56 Å². The van der Waals surface area contributed by atoms with Crippen molar-refractivity contribution in [3.63, 3.8) is 0 Å². The predicted molar refractivity (Wildman–Crippen MR) is 46.8 cm³/mol. The standard InChI is InChI=1S/C9H10N2O2/c1-5(12)9-10-7(6-2-3-6)4-8(13)11-9/h4,6H,2-3H2,1H3,(H,10,11,13). The van der Waals surface area contributed by atoms with Crippen molar-refractivity contribution >= 4 is 5.78 Å². The number of aromatic amines is 1. The Bertz CT molecular complexity index is 404. The van der Waals surface area contributed by atoms with Gasteiger partial charge in [0, 0.05) is 18.9 Å². The molecule has 1 aromatic rings. The number of carbonyl (C=O) groups excluding carboxylic acids is 1. The van der Waals surface area contributed by atoms with Gasteiger partial charge in [-0.05, 0) is 12.8 Å². The van der Waals surface area contributed by atoms with Crippen molar-refractivity contribution in [2.45, 2.75) is 25.7 Å². The second-order valence-electron chi connectivity index (χ2n) is 3.35. The Balaban J connectivity index is 2.47. The highest BCUT2D eigenvalue weighted by molar-refractivity contribution is 5.90. The van der Waals surface area contributed by atoms with Crippen molar-refractivity contribution < 1.29 is 4.79 Å². The van der Waals surface area contributed by atoms with Gasteiger partial charge in [0.1, 0.15) is 0 Å². The molecule has 0 saturated heterocycles.